The van der Waals surface area contributed by atoms with Crippen LogP contribution < -0.4 is 16.2 Å². The Morgan fingerprint density at radius 2 is 1.89 bits per heavy atom. The lowest BCUT2D eigenvalue weighted by molar-refractivity contribution is 0.885. The summed E-state index contributed by atoms with van der Waals surface area (Å²) in [5.74, 6) is 5.97. The van der Waals surface area contributed by atoms with Crippen LogP contribution in [0.15, 0.2) is 36.4 Å². The average Bonchev–Trinajstić information content (AvgIpc) is 2.42. The third kappa shape index (κ3) is 3.36. The largest absolute Gasteiger partial charge is 0.369 e. The molecule has 0 unspecified atom stereocenters. The highest BCUT2D eigenvalue weighted by Crippen LogP contribution is 2.21. The molecule has 1 aromatic heterocycles. The summed E-state index contributed by atoms with van der Waals surface area (Å²) in [4.78, 5) is 6.46. The number of aryl methyl sites for hydroxylation is 1. The number of hydrogen-bond acceptors (Lipinski definition) is 4. The highest BCUT2D eigenvalue weighted by atomic mass is 35.5. The van der Waals surface area contributed by atoms with Crippen LogP contribution >= 0.6 is 11.6 Å². The number of halogens is 1. The van der Waals surface area contributed by atoms with Crippen molar-refractivity contribution < 1.29 is 0 Å². The molecule has 1 aromatic carbocycles. The van der Waals surface area contributed by atoms with E-state index in [-0.39, 0.29) is 0 Å². The summed E-state index contributed by atoms with van der Waals surface area (Å²) in [6, 6.07) is 11.9. The zero-order chi connectivity index (χ0) is 13.8. The molecule has 0 saturated heterocycles. The first-order chi connectivity index (χ1) is 9.10. The number of pyridine rings is 1. The maximum atomic E-state index is 6.15. The topological polar surface area (TPSA) is 54.2 Å². The fourth-order valence-corrected chi connectivity index (χ4v) is 1.96. The molecule has 0 radical (unpaired) electrons. The van der Waals surface area contributed by atoms with Gasteiger partial charge in [-0.1, -0.05) is 29.3 Å². The van der Waals surface area contributed by atoms with Crippen molar-refractivity contribution >= 4 is 23.1 Å². The minimum atomic E-state index is 0.608. The van der Waals surface area contributed by atoms with E-state index in [4.69, 9.17) is 17.4 Å². The van der Waals surface area contributed by atoms with Crippen molar-refractivity contribution in [1.29, 1.82) is 0 Å². The Labute approximate surface area is 118 Å². The van der Waals surface area contributed by atoms with Crippen molar-refractivity contribution in [1.82, 2.24) is 4.98 Å². The third-order valence-corrected chi connectivity index (χ3v) is 3.27. The van der Waals surface area contributed by atoms with Crippen LogP contribution in [-0.4, -0.2) is 12.0 Å². The molecule has 0 atom stereocenters. The first-order valence-corrected chi connectivity index (χ1v) is 6.38. The van der Waals surface area contributed by atoms with Crippen molar-refractivity contribution in [2.75, 3.05) is 17.4 Å². The van der Waals surface area contributed by atoms with Crippen molar-refractivity contribution in [3.8, 4) is 0 Å². The number of nitrogens with two attached hydrogens (primary N) is 1. The maximum Gasteiger partial charge on any atom is 0.140 e. The molecule has 0 fully saturated rings. The highest BCUT2D eigenvalue weighted by Gasteiger charge is 2.08. The molecule has 1 heterocycles. The Morgan fingerprint density at radius 1 is 1.21 bits per heavy atom. The predicted octanol–water partition coefficient (Wildman–Crippen LogP) is 2.97. The van der Waals surface area contributed by atoms with E-state index in [1.165, 1.54) is 5.56 Å². The van der Waals surface area contributed by atoms with Crippen molar-refractivity contribution in [2.45, 2.75) is 13.5 Å². The Hall–Kier alpha value is -1.78. The molecule has 19 heavy (non-hydrogen) atoms. The molecule has 2 rings (SSSR count). The standard InChI is InChI=1S/C14H17ClN4/c1-10-3-5-11(6-4-10)19(2)9-13-12(15)7-8-14(17-13)18-16/h3-8H,9,16H2,1-2H3,(H,17,18). The number of nitrogen functional groups attached to an aromatic ring is 1. The number of benzene rings is 1. The number of hydrogen-bond donors (Lipinski definition) is 2. The van der Waals surface area contributed by atoms with Gasteiger partial charge in [0.2, 0.25) is 0 Å². The molecule has 2 aromatic rings. The van der Waals surface area contributed by atoms with Crippen LogP contribution in [0, 0.1) is 6.92 Å². The number of aromatic nitrogens is 1. The summed E-state index contributed by atoms with van der Waals surface area (Å²) >= 11 is 6.15. The van der Waals surface area contributed by atoms with E-state index >= 15 is 0 Å². The lowest BCUT2D eigenvalue weighted by atomic mass is 10.2. The molecule has 0 saturated carbocycles. The van der Waals surface area contributed by atoms with E-state index in [0.29, 0.717) is 17.4 Å². The quantitative estimate of drug-likeness (QED) is 0.666. The second-order valence-corrected chi connectivity index (χ2v) is 4.87. The minimum absolute atomic E-state index is 0.608. The zero-order valence-electron chi connectivity index (χ0n) is 11.0. The Morgan fingerprint density at radius 3 is 2.53 bits per heavy atom. The van der Waals surface area contributed by atoms with Crippen molar-refractivity contribution in [3.05, 3.63) is 52.7 Å². The smallest absolute Gasteiger partial charge is 0.140 e. The molecule has 0 amide bonds. The van der Waals surface area contributed by atoms with Gasteiger partial charge in [-0.25, -0.2) is 10.8 Å². The van der Waals surface area contributed by atoms with Crippen LogP contribution in [0.3, 0.4) is 0 Å². The summed E-state index contributed by atoms with van der Waals surface area (Å²) in [6.07, 6.45) is 0. The number of nitrogens with one attached hydrogen (secondary N) is 1. The van der Waals surface area contributed by atoms with Gasteiger partial charge in [-0.2, -0.15) is 0 Å². The van der Waals surface area contributed by atoms with Gasteiger partial charge in [0, 0.05) is 12.7 Å². The van der Waals surface area contributed by atoms with Crippen LogP contribution in [-0.2, 0) is 6.54 Å². The maximum absolute atomic E-state index is 6.15. The second kappa shape index (κ2) is 5.91. The van der Waals surface area contributed by atoms with Gasteiger partial charge in [0.1, 0.15) is 5.82 Å². The molecule has 0 spiro atoms. The van der Waals surface area contributed by atoms with Gasteiger partial charge in [0.15, 0.2) is 0 Å². The summed E-state index contributed by atoms with van der Waals surface area (Å²) < 4.78 is 0. The normalized spacial score (nSPS) is 10.3. The van der Waals surface area contributed by atoms with E-state index in [2.05, 4.69) is 46.5 Å². The van der Waals surface area contributed by atoms with Crippen molar-refractivity contribution in [3.63, 3.8) is 0 Å². The van der Waals surface area contributed by atoms with E-state index in [1.807, 2.05) is 7.05 Å². The summed E-state index contributed by atoms with van der Waals surface area (Å²) in [5, 5.41) is 0.637. The molecule has 3 N–H and O–H groups in total. The molecular formula is C14H17ClN4. The van der Waals surface area contributed by atoms with Gasteiger partial charge in [0.05, 0.1) is 17.3 Å². The van der Waals surface area contributed by atoms with E-state index in [9.17, 15) is 0 Å². The Bertz CT molecular complexity index is 554. The SMILES string of the molecule is Cc1ccc(N(C)Cc2nc(NN)ccc2Cl)cc1. The van der Waals surface area contributed by atoms with Gasteiger partial charge in [-0.05, 0) is 31.2 Å². The predicted molar refractivity (Wildman–Crippen MR) is 80.3 cm³/mol. The molecule has 0 bridgehead atoms. The monoisotopic (exact) mass is 276 g/mol. The molecule has 100 valence electrons. The molecule has 5 heteroatoms. The highest BCUT2D eigenvalue weighted by molar-refractivity contribution is 6.31. The molecule has 0 aliphatic rings. The van der Waals surface area contributed by atoms with Crippen LogP contribution in [0.4, 0.5) is 11.5 Å². The second-order valence-electron chi connectivity index (χ2n) is 4.46. The van der Waals surface area contributed by atoms with Crippen LogP contribution in [0.1, 0.15) is 11.3 Å². The Kier molecular flexibility index (Phi) is 4.24. The fraction of sp³-hybridized carbons (Fsp3) is 0.214. The van der Waals surface area contributed by atoms with Crippen LogP contribution in [0.2, 0.25) is 5.02 Å². The van der Waals surface area contributed by atoms with Gasteiger partial charge in [-0.3, -0.25) is 0 Å². The number of hydrazine groups is 1. The Balaban J connectivity index is 2.18. The van der Waals surface area contributed by atoms with Gasteiger partial charge >= 0.3 is 0 Å². The summed E-state index contributed by atoms with van der Waals surface area (Å²) in [6.45, 7) is 2.69. The average molecular weight is 277 g/mol. The molecule has 4 nitrogen and oxygen atoms in total. The third-order valence-electron chi connectivity index (χ3n) is 2.93. The van der Waals surface area contributed by atoms with Crippen molar-refractivity contribution in [2.24, 2.45) is 5.84 Å². The van der Waals surface area contributed by atoms with Gasteiger partial charge in [-0.15, -0.1) is 0 Å². The fourth-order valence-electron chi connectivity index (χ4n) is 1.79. The number of anilines is 2. The van der Waals surface area contributed by atoms with Crippen LogP contribution in [0.5, 0.6) is 0 Å². The van der Waals surface area contributed by atoms with E-state index in [0.717, 1.165) is 11.4 Å². The number of rotatable bonds is 4. The molecule has 0 aliphatic carbocycles. The lowest BCUT2D eigenvalue weighted by Gasteiger charge is -2.20. The summed E-state index contributed by atoms with van der Waals surface area (Å²) in [5.41, 5.74) is 5.68. The van der Waals surface area contributed by atoms with E-state index < -0.39 is 0 Å². The lowest BCUT2D eigenvalue weighted by Crippen LogP contribution is -2.18. The first-order valence-electron chi connectivity index (χ1n) is 6.00. The van der Waals surface area contributed by atoms with Gasteiger partial charge < -0.3 is 10.3 Å². The first kappa shape index (κ1) is 13.6. The van der Waals surface area contributed by atoms with Gasteiger partial charge in [0.25, 0.3) is 0 Å². The number of nitrogens with zero attached hydrogens (tertiary/aromatic N) is 2. The minimum Gasteiger partial charge on any atom is -0.369 e. The van der Waals surface area contributed by atoms with Crippen LogP contribution in [0.25, 0.3) is 0 Å². The molecule has 0 aliphatic heterocycles. The summed E-state index contributed by atoms with van der Waals surface area (Å²) in [7, 11) is 2.01. The zero-order valence-corrected chi connectivity index (χ0v) is 11.8. The van der Waals surface area contributed by atoms with E-state index in [1.54, 1.807) is 12.1 Å². The molecular weight excluding hydrogens is 260 g/mol.